The van der Waals surface area contributed by atoms with E-state index in [1.54, 1.807) is 12.1 Å². The first kappa shape index (κ1) is 15.2. The van der Waals surface area contributed by atoms with Crippen molar-refractivity contribution in [3.8, 4) is 17.1 Å². The maximum atomic E-state index is 6.03. The van der Waals surface area contributed by atoms with E-state index < -0.39 is 0 Å². The maximum Gasteiger partial charge on any atom is 0.138 e. The van der Waals surface area contributed by atoms with Gasteiger partial charge in [0.2, 0.25) is 0 Å². The zero-order valence-electron chi connectivity index (χ0n) is 12.6. The second-order valence-electron chi connectivity index (χ2n) is 6.11. The number of fused-ring (bicyclic) bond motifs is 1. The first-order valence-electron chi connectivity index (χ1n) is 6.96. The van der Waals surface area contributed by atoms with E-state index in [0.29, 0.717) is 10.0 Å². The number of hydrogen-bond acceptors (Lipinski definition) is 2. The largest absolute Gasteiger partial charge is 0.488 e. The average Bonchev–Trinajstić information content (AvgIpc) is 2.81. The van der Waals surface area contributed by atoms with E-state index in [9.17, 15) is 0 Å². The van der Waals surface area contributed by atoms with Crippen molar-refractivity contribution < 1.29 is 4.74 Å². The molecule has 1 N–H and O–H groups in total. The third kappa shape index (κ3) is 3.21. The number of imidazole rings is 1. The molecule has 0 unspecified atom stereocenters. The number of benzene rings is 2. The van der Waals surface area contributed by atoms with Crippen molar-refractivity contribution in [1.82, 2.24) is 9.97 Å². The maximum absolute atomic E-state index is 6.03. The summed E-state index contributed by atoms with van der Waals surface area (Å²) in [6.45, 7) is 6.06. The molecular formula is C17H16Cl2N2O. The molecule has 0 saturated carbocycles. The van der Waals surface area contributed by atoms with Crippen LogP contribution in [0.3, 0.4) is 0 Å². The Labute approximate surface area is 139 Å². The van der Waals surface area contributed by atoms with Crippen LogP contribution in [-0.4, -0.2) is 15.6 Å². The Morgan fingerprint density at radius 2 is 1.64 bits per heavy atom. The van der Waals surface area contributed by atoms with Crippen LogP contribution < -0.4 is 4.74 Å². The van der Waals surface area contributed by atoms with Crippen LogP contribution in [0.25, 0.3) is 22.4 Å². The van der Waals surface area contributed by atoms with Gasteiger partial charge in [0.15, 0.2) is 0 Å². The number of H-pyrrole nitrogens is 1. The van der Waals surface area contributed by atoms with Gasteiger partial charge in [-0.1, -0.05) is 23.2 Å². The third-order valence-corrected chi connectivity index (χ3v) is 3.80. The van der Waals surface area contributed by atoms with Crippen LogP contribution in [0.2, 0.25) is 10.0 Å². The van der Waals surface area contributed by atoms with Gasteiger partial charge >= 0.3 is 0 Å². The number of halogens is 2. The molecule has 0 bridgehead atoms. The van der Waals surface area contributed by atoms with E-state index in [1.165, 1.54) is 0 Å². The minimum Gasteiger partial charge on any atom is -0.488 e. The van der Waals surface area contributed by atoms with Gasteiger partial charge in [-0.15, -0.1) is 0 Å². The Hall–Kier alpha value is -1.71. The molecule has 22 heavy (non-hydrogen) atoms. The average molecular weight is 335 g/mol. The molecule has 0 aliphatic rings. The van der Waals surface area contributed by atoms with E-state index in [2.05, 4.69) is 9.97 Å². The second-order valence-corrected chi connectivity index (χ2v) is 6.92. The molecule has 0 aliphatic carbocycles. The summed E-state index contributed by atoms with van der Waals surface area (Å²) in [5.74, 6) is 1.61. The van der Waals surface area contributed by atoms with Gasteiger partial charge in [-0.25, -0.2) is 4.98 Å². The van der Waals surface area contributed by atoms with Crippen molar-refractivity contribution >= 4 is 34.2 Å². The third-order valence-electron chi connectivity index (χ3n) is 3.08. The van der Waals surface area contributed by atoms with Crippen molar-refractivity contribution in [3.63, 3.8) is 0 Å². The zero-order valence-corrected chi connectivity index (χ0v) is 14.1. The molecule has 3 aromatic rings. The molecule has 1 aromatic heterocycles. The van der Waals surface area contributed by atoms with Crippen molar-refractivity contribution in [1.29, 1.82) is 0 Å². The van der Waals surface area contributed by atoms with E-state index in [1.807, 2.05) is 45.0 Å². The monoisotopic (exact) mass is 334 g/mol. The molecule has 5 heteroatoms. The van der Waals surface area contributed by atoms with Gasteiger partial charge < -0.3 is 9.72 Å². The SMILES string of the molecule is CC(C)(C)Oc1ccc(-c2nc3cc(Cl)c(Cl)cc3[nH]2)cc1. The summed E-state index contributed by atoms with van der Waals surface area (Å²) < 4.78 is 5.82. The van der Waals surface area contributed by atoms with Crippen molar-refractivity contribution in [3.05, 3.63) is 46.4 Å². The predicted molar refractivity (Wildman–Crippen MR) is 91.9 cm³/mol. The minimum absolute atomic E-state index is 0.214. The van der Waals surface area contributed by atoms with Gasteiger partial charge in [-0.05, 0) is 57.2 Å². The number of nitrogens with zero attached hydrogens (tertiary/aromatic N) is 1. The van der Waals surface area contributed by atoms with E-state index in [0.717, 1.165) is 28.2 Å². The Morgan fingerprint density at radius 3 is 2.27 bits per heavy atom. The summed E-state index contributed by atoms with van der Waals surface area (Å²) in [4.78, 5) is 7.80. The number of aromatic amines is 1. The quantitative estimate of drug-likeness (QED) is 0.651. The first-order chi connectivity index (χ1) is 10.3. The highest BCUT2D eigenvalue weighted by Gasteiger charge is 2.12. The molecule has 0 amide bonds. The van der Waals surface area contributed by atoms with Gasteiger partial charge in [-0.2, -0.15) is 0 Å². The molecule has 0 saturated heterocycles. The summed E-state index contributed by atoms with van der Waals surface area (Å²) in [5, 5.41) is 1.01. The highest BCUT2D eigenvalue weighted by atomic mass is 35.5. The lowest BCUT2D eigenvalue weighted by Gasteiger charge is -2.21. The fourth-order valence-corrected chi connectivity index (χ4v) is 2.50. The molecule has 3 nitrogen and oxygen atoms in total. The Bertz CT molecular complexity index is 778. The molecule has 1 heterocycles. The Balaban J connectivity index is 1.94. The summed E-state index contributed by atoms with van der Waals surface area (Å²) in [7, 11) is 0. The first-order valence-corrected chi connectivity index (χ1v) is 7.72. The minimum atomic E-state index is -0.214. The fraction of sp³-hybridized carbons (Fsp3) is 0.235. The topological polar surface area (TPSA) is 37.9 Å². The Morgan fingerprint density at radius 1 is 1.00 bits per heavy atom. The Kier molecular flexibility index (Phi) is 3.79. The van der Waals surface area contributed by atoms with Crippen molar-refractivity contribution in [2.45, 2.75) is 26.4 Å². The van der Waals surface area contributed by atoms with Gasteiger partial charge in [0.05, 0.1) is 21.1 Å². The van der Waals surface area contributed by atoms with Gasteiger partial charge in [-0.3, -0.25) is 0 Å². The van der Waals surface area contributed by atoms with Crippen LogP contribution in [0.4, 0.5) is 0 Å². The molecule has 3 rings (SSSR count). The fourth-order valence-electron chi connectivity index (χ4n) is 2.18. The van der Waals surface area contributed by atoms with Crippen molar-refractivity contribution in [2.24, 2.45) is 0 Å². The standard InChI is InChI=1S/C17H16Cl2N2O/c1-17(2,3)22-11-6-4-10(5-7-11)16-20-14-8-12(18)13(19)9-15(14)21-16/h4-9H,1-3H3,(H,20,21). The van der Waals surface area contributed by atoms with E-state index in [-0.39, 0.29) is 5.60 Å². The molecule has 0 atom stereocenters. The molecule has 2 aromatic carbocycles. The summed E-state index contributed by atoms with van der Waals surface area (Å²) >= 11 is 12.1. The molecule has 0 aliphatic heterocycles. The number of hydrogen-bond donors (Lipinski definition) is 1. The highest BCUT2D eigenvalue weighted by molar-refractivity contribution is 6.42. The molecular weight excluding hydrogens is 319 g/mol. The second kappa shape index (κ2) is 5.49. The van der Waals surface area contributed by atoms with Gasteiger partial charge in [0.25, 0.3) is 0 Å². The van der Waals surface area contributed by atoms with Crippen LogP contribution in [-0.2, 0) is 0 Å². The smallest absolute Gasteiger partial charge is 0.138 e. The zero-order chi connectivity index (χ0) is 15.9. The van der Waals surface area contributed by atoms with Crippen LogP contribution in [0, 0.1) is 0 Å². The van der Waals surface area contributed by atoms with E-state index >= 15 is 0 Å². The number of ether oxygens (including phenoxy) is 1. The molecule has 114 valence electrons. The highest BCUT2D eigenvalue weighted by Crippen LogP contribution is 2.29. The summed E-state index contributed by atoms with van der Waals surface area (Å²) in [5.41, 5.74) is 2.41. The summed E-state index contributed by atoms with van der Waals surface area (Å²) in [6.07, 6.45) is 0. The number of rotatable bonds is 2. The predicted octanol–water partition coefficient (Wildman–Crippen LogP) is 5.71. The van der Waals surface area contributed by atoms with Crippen LogP contribution in [0.5, 0.6) is 5.75 Å². The lowest BCUT2D eigenvalue weighted by molar-refractivity contribution is 0.131. The molecule has 0 radical (unpaired) electrons. The molecule has 0 spiro atoms. The lowest BCUT2D eigenvalue weighted by atomic mass is 10.1. The number of aromatic nitrogens is 2. The van der Waals surface area contributed by atoms with E-state index in [4.69, 9.17) is 27.9 Å². The van der Waals surface area contributed by atoms with Crippen LogP contribution >= 0.6 is 23.2 Å². The van der Waals surface area contributed by atoms with Gasteiger partial charge in [0.1, 0.15) is 17.2 Å². The normalized spacial score (nSPS) is 11.9. The molecule has 0 fully saturated rings. The van der Waals surface area contributed by atoms with Crippen LogP contribution in [0.1, 0.15) is 20.8 Å². The summed E-state index contributed by atoms with van der Waals surface area (Å²) in [6, 6.07) is 11.4. The lowest BCUT2D eigenvalue weighted by Crippen LogP contribution is -2.22. The van der Waals surface area contributed by atoms with Crippen molar-refractivity contribution in [2.75, 3.05) is 0 Å². The number of nitrogens with one attached hydrogen (secondary N) is 1. The van der Waals surface area contributed by atoms with Crippen LogP contribution in [0.15, 0.2) is 36.4 Å². The van der Waals surface area contributed by atoms with Gasteiger partial charge in [0, 0.05) is 5.56 Å².